The van der Waals surface area contributed by atoms with Crippen LogP contribution in [0.2, 0.25) is 10.0 Å². The topological polar surface area (TPSA) is 9.23 Å². The smallest absolute Gasteiger partial charge is 0.419 e. The average Bonchev–Trinajstić information content (AvgIpc) is 2.37. The van der Waals surface area contributed by atoms with Crippen LogP contribution in [0, 0.1) is 0 Å². The minimum absolute atomic E-state index is 0.0194. The molecule has 0 heterocycles. The fraction of sp³-hybridized carbons (Fsp3) is 0.143. The molecule has 8 heteroatoms. The van der Waals surface area contributed by atoms with E-state index in [1.807, 2.05) is 0 Å². The molecule has 0 atom stereocenters. The highest BCUT2D eigenvalue weighted by atomic mass is 35.5. The second-order valence-electron chi connectivity index (χ2n) is 4.18. The van der Waals surface area contributed by atoms with Gasteiger partial charge in [0.1, 0.15) is 5.75 Å². The average molecular weight is 357 g/mol. The molecule has 0 saturated heterocycles. The van der Waals surface area contributed by atoms with E-state index in [4.69, 9.17) is 23.2 Å². The monoisotopic (exact) mass is 356 g/mol. The Morgan fingerprint density at radius 1 is 0.955 bits per heavy atom. The summed E-state index contributed by atoms with van der Waals surface area (Å²) in [5.41, 5.74) is -1.40. The van der Waals surface area contributed by atoms with Crippen LogP contribution in [0.25, 0.3) is 11.1 Å². The van der Waals surface area contributed by atoms with Gasteiger partial charge in [0.25, 0.3) is 0 Å². The fourth-order valence-electron chi connectivity index (χ4n) is 1.90. The molecule has 0 aromatic heterocycles. The van der Waals surface area contributed by atoms with E-state index in [2.05, 4.69) is 4.74 Å². The molecule has 0 amide bonds. The van der Waals surface area contributed by atoms with Gasteiger partial charge >= 0.3 is 12.8 Å². The molecule has 0 fully saturated rings. The molecule has 0 aliphatic rings. The van der Waals surface area contributed by atoms with E-state index in [1.54, 1.807) is 0 Å². The summed E-state index contributed by atoms with van der Waals surface area (Å²) in [4.78, 5) is 0. The van der Waals surface area contributed by atoms with Gasteiger partial charge in [-0.3, -0.25) is 0 Å². The normalized spacial score (nSPS) is 11.8. The Morgan fingerprint density at radius 2 is 1.64 bits per heavy atom. The van der Waals surface area contributed by atoms with Gasteiger partial charge in [0.15, 0.2) is 0 Å². The number of ether oxygens (including phenoxy) is 1. The molecule has 0 saturated carbocycles. The van der Waals surface area contributed by atoms with Crippen LogP contribution >= 0.6 is 23.2 Å². The molecular weight excluding hydrogens is 350 g/mol. The Bertz CT molecular complexity index is 685. The van der Waals surface area contributed by atoms with Crippen molar-refractivity contribution in [1.82, 2.24) is 0 Å². The maximum absolute atomic E-state index is 13.0. The predicted molar refractivity (Wildman–Crippen MR) is 73.5 cm³/mol. The molecule has 2 aromatic rings. The fourth-order valence-corrected chi connectivity index (χ4v) is 2.41. The molecule has 0 spiro atoms. The lowest BCUT2D eigenvalue weighted by atomic mass is 10.0. The van der Waals surface area contributed by atoms with Gasteiger partial charge in [-0.25, -0.2) is 0 Å². The van der Waals surface area contributed by atoms with Gasteiger partial charge in [-0.2, -0.15) is 22.0 Å². The van der Waals surface area contributed by atoms with Gasteiger partial charge in [-0.1, -0.05) is 41.4 Å². The van der Waals surface area contributed by atoms with Crippen molar-refractivity contribution in [3.8, 4) is 16.9 Å². The van der Waals surface area contributed by atoms with E-state index in [9.17, 15) is 22.0 Å². The molecule has 22 heavy (non-hydrogen) atoms. The summed E-state index contributed by atoms with van der Waals surface area (Å²) in [5, 5.41) is 0.281. The number of hydrogen-bond donors (Lipinski definition) is 0. The number of halogens is 7. The molecule has 0 radical (unpaired) electrons. The molecule has 1 nitrogen and oxygen atoms in total. The van der Waals surface area contributed by atoms with Crippen LogP contribution in [0.3, 0.4) is 0 Å². The van der Waals surface area contributed by atoms with Gasteiger partial charge in [0.05, 0.1) is 10.6 Å². The van der Waals surface area contributed by atoms with E-state index < -0.39 is 24.1 Å². The van der Waals surface area contributed by atoms with E-state index in [0.29, 0.717) is 6.07 Å². The number of para-hydroxylation sites is 1. The first kappa shape index (κ1) is 16.8. The molecular formula is C14H7Cl2F5O. The summed E-state index contributed by atoms with van der Waals surface area (Å²) in [5.74, 6) is -0.978. The lowest BCUT2D eigenvalue weighted by molar-refractivity contribution is -0.141. The number of alkyl halides is 5. The second kappa shape index (κ2) is 6.30. The Balaban J connectivity index is 2.69. The van der Waals surface area contributed by atoms with E-state index in [1.165, 1.54) is 24.3 Å². The second-order valence-corrected chi connectivity index (χ2v) is 5.03. The highest BCUT2D eigenvalue weighted by Crippen LogP contribution is 2.44. The van der Waals surface area contributed by atoms with Crippen molar-refractivity contribution in [2.24, 2.45) is 0 Å². The summed E-state index contributed by atoms with van der Waals surface area (Å²) in [6.45, 7) is -3.41. The van der Waals surface area contributed by atoms with Crippen LogP contribution in [-0.4, -0.2) is 6.61 Å². The highest BCUT2D eigenvalue weighted by molar-refractivity contribution is 6.36. The molecule has 0 aliphatic carbocycles. The van der Waals surface area contributed by atoms with Gasteiger partial charge in [0, 0.05) is 16.1 Å². The van der Waals surface area contributed by atoms with Crippen molar-refractivity contribution in [3.63, 3.8) is 0 Å². The number of hydrogen-bond acceptors (Lipinski definition) is 1. The third-order valence-electron chi connectivity index (χ3n) is 2.75. The van der Waals surface area contributed by atoms with Gasteiger partial charge < -0.3 is 4.74 Å². The first-order valence-electron chi connectivity index (χ1n) is 5.80. The molecule has 0 bridgehead atoms. The van der Waals surface area contributed by atoms with E-state index >= 15 is 0 Å². The minimum atomic E-state index is -4.85. The van der Waals surface area contributed by atoms with Crippen LogP contribution in [0.5, 0.6) is 5.75 Å². The van der Waals surface area contributed by atoms with Crippen LogP contribution in [-0.2, 0) is 6.18 Å². The molecule has 118 valence electrons. The Labute approximate surface area is 132 Å². The Kier molecular flexibility index (Phi) is 4.82. The molecule has 0 N–H and O–H groups in total. The van der Waals surface area contributed by atoms with Gasteiger partial charge in [-0.05, 0) is 18.2 Å². The van der Waals surface area contributed by atoms with Crippen molar-refractivity contribution in [2.75, 3.05) is 0 Å². The Morgan fingerprint density at radius 3 is 2.18 bits per heavy atom. The maximum Gasteiger partial charge on any atom is 0.419 e. The maximum atomic E-state index is 13.0. The van der Waals surface area contributed by atoms with Crippen molar-refractivity contribution < 1.29 is 26.7 Å². The number of benzene rings is 2. The van der Waals surface area contributed by atoms with Crippen LogP contribution in [0.15, 0.2) is 36.4 Å². The summed E-state index contributed by atoms with van der Waals surface area (Å²) >= 11 is 11.6. The lowest BCUT2D eigenvalue weighted by Crippen LogP contribution is -2.12. The largest absolute Gasteiger partial charge is 0.434 e. The van der Waals surface area contributed by atoms with Crippen LogP contribution in [0.4, 0.5) is 22.0 Å². The third-order valence-corrected chi connectivity index (χ3v) is 3.30. The van der Waals surface area contributed by atoms with E-state index in [-0.39, 0.29) is 21.2 Å². The predicted octanol–water partition coefficient (Wildman–Crippen LogP) is 6.28. The zero-order valence-corrected chi connectivity index (χ0v) is 12.1. The summed E-state index contributed by atoms with van der Waals surface area (Å²) < 4.78 is 68.0. The van der Waals surface area contributed by atoms with Crippen molar-refractivity contribution in [3.05, 3.63) is 52.0 Å². The van der Waals surface area contributed by atoms with Gasteiger partial charge in [0.2, 0.25) is 0 Å². The standard InChI is InChI=1S/C14H7Cl2F5O/c15-7-4-5-8(11(16)6-7)9-2-1-3-10(14(19,20)21)12(9)22-13(17)18/h1-6,13H. The first-order chi connectivity index (χ1) is 10.2. The van der Waals surface area contributed by atoms with Crippen molar-refractivity contribution in [2.45, 2.75) is 12.8 Å². The zero-order chi connectivity index (χ0) is 16.5. The summed E-state index contributed by atoms with van der Waals surface area (Å²) in [6.07, 6.45) is -4.85. The molecule has 0 unspecified atom stereocenters. The molecule has 2 rings (SSSR count). The van der Waals surface area contributed by atoms with Crippen molar-refractivity contribution >= 4 is 23.2 Å². The number of rotatable bonds is 3. The minimum Gasteiger partial charge on any atom is -0.434 e. The quantitative estimate of drug-likeness (QED) is 0.588. The SMILES string of the molecule is FC(F)Oc1c(-c2ccc(Cl)cc2Cl)cccc1C(F)(F)F. The lowest BCUT2D eigenvalue weighted by Gasteiger charge is -2.18. The van der Waals surface area contributed by atoms with Crippen LogP contribution < -0.4 is 4.74 Å². The van der Waals surface area contributed by atoms with E-state index in [0.717, 1.165) is 6.07 Å². The Hall–Kier alpha value is -1.53. The molecule has 0 aliphatic heterocycles. The van der Waals surface area contributed by atoms with Crippen molar-refractivity contribution in [1.29, 1.82) is 0 Å². The van der Waals surface area contributed by atoms with Gasteiger partial charge in [-0.15, -0.1) is 0 Å². The highest BCUT2D eigenvalue weighted by Gasteiger charge is 2.36. The summed E-state index contributed by atoms with van der Waals surface area (Å²) in [7, 11) is 0. The third kappa shape index (κ3) is 3.62. The van der Waals surface area contributed by atoms with Crippen LogP contribution in [0.1, 0.15) is 5.56 Å². The zero-order valence-electron chi connectivity index (χ0n) is 10.6. The first-order valence-corrected chi connectivity index (χ1v) is 6.56. The summed E-state index contributed by atoms with van der Waals surface area (Å²) in [6, 6.07) is 6.97. The molecule has 2 aromatic carbocycles.